The fourth-order valence-corrected chi connectivity index (χ4v) is 4.90. The summed E-state index contributed by atoms with van der Waals surface area (Å²) >= 11 is 1.82. The molecule has 0 amide bonds. The van der Waals surface area contributed by atoms with Gasteiger partial charge in [0.2, 0.25) is 0 Å². The molecule has 6 heteroatoms. The largest absolute Gasteiger partial charge is 0.380 e. The maximum Gasteiger partial charge on any atom is 0.0762 e. The van der Waals surface area contributed by atoms with E-state index in [4.69, 9.17) is 5.73 Å². The summed E-state index contributed by atoms with van der Waals surface area (Å²) in [6.45, 7) is 5.07. The zero-order valence-electron chi connectivity index (χ0n) is 15.9. The number of nitrogens with two attached hydrogens (primary N) is 1. The van der Waals surface area contributed by atoms with E-state index < -0.39 is 0 Å². The van der Waals surface area contributed by atoms with Crippen LogP contribution in [0, 0.1) is 0 Å². The molecular weight excluding hydrogens is 354 g/mol. The normalized spacial score (nSPS) is 17.1. The summed E-state index contributed by atoms with van der Waals surface area (Å²) in [5.41, 5.74) is 10.7. The molecule has 0 spiro atoms. The van der Waals surface area contributed by atoms with Gasteiger partial charge < -0.3 is 26.6 Å². The Labute approximate surface area is 166 Å². The average Bonchev–Trinajstić information content (AvgIpc) is 2.71. The fourth-order valence-electron chi connectivity index (χ4n) is 3.82. The van der Waals surface area contributed by atoms with Crippen LogP contribution in [0.4, 0.5) is 17.1 Å². The molecule has 5 N–H and O–H groups in total. The Balaban J connectivity index is 1.50. The number of nitrogens with zero attached hydrogens (tertiary/aromatic N) is 1. The third-order valence-corrected chi connectivity index (χ3v) is 6.51. The molecule has 0 aliphatic carbocycles. The Kier molecular flexibility index (Phi) is 5.88. The Hall–Kier alpha value is -1.73. The van der Waals surface area contributed by atoms with Crippen LogP contribution in [0.25, 0.3) is 0 Å². The van der Waals surface area contributed by atoms with Crippen LogP contribution in [-0.2, 0) is 6.54 Å². The van der Waals surface area contributed by atoms with E-state index in [-0.39, 0.29) is 0 Å². The summed E-state index contributed by atoms with van der Waals surface area (Å²) in [6.07, 6.45) is 2.35. The van der Waals surface area contributed by atoms with E-state index in [1.54, 1.807) is 0 Å². The lowest BCUT2D eigenvalue weighted by Gasteiger charge is -2.34. The van der Waals surface area contributed by atoms with Gasteiger partial charge in [-0.15, -0.1) is 0 Å². The number of likely N-dealkylation sites (tertiary alicyclic amines) is 1. The van der Waals surface area contributed by atoms with E-state index in [0.29, 0.717) is 12.6 Å². The molecule has 1 fully saturated rings. The van der Waals surface area contributed by atoms with Crippen molar-refractivity contribution in [1.29, 1.82) is 0 Å². The summed E-state index contributed by atoms with van der Waals surface area (Å²) in [7, 11) is 2.02. The molecule has 27 heavy (non-hydrogen) atoms. The average molecular weight is 384 g/mol. The molecule has 0 atom stereocenters. The van der Waals surface area contributed by atoms with E-state index in [1.165, 1.54) is 45.3 Å². The fraction of sp³-hybridized carbons (Fsp3) is 0.429. The first-order valence-electron chi connectivity index (χ1n) is 9.81. The van der Waals surface area contributed by atoms with Crippen molar-refractivity contribution < 1.29 is 0 Å². The molecule has 0 unspecified atom stereocenters. The minimum atomic E-state index is 0.511. The zero-order valence-corrected chi connectivity index (χ0v) is 16.7. The second-order valence-electron chi connectivity index (χ2n) is 7.31. The molecule has 4 rings (SSSR count). The van der Waals surface area contributed by atoms with Gasteiger partial charge in [0.15, 0.2) is 0 Å². The molecule has 0 radical (unpaired) electrons. The van der Waals surface area contributed by atoms with Gasteiger partial charge in [-0.2, -0.15) is 0 Å². The first-order chi connectivity index (χ1) is 13.3. The summed E-state index contributed by atoms with van der Waals surface area (Å²) in [5.74, 6) is 0. The van der Waals surface area contributed by atoms with Crippen molar-refractivity contribution in [3.05, 3.63) is 42.0 Å². The van der Waals surface area contributed by atoms with Crippen molar-refractivity contribution in [3.63, 3.8) is 0 Å². The molecule has 2 heterocycles. The number of benzene rings is 2. The number of anilines is 3. The molecule has 0 bridgehead atoms. The second kappa shape index (κ2) is 8.52. The lowest BCUT2D eigenvalue weighted by atomic mass is 10.0. The lowest BCUT2D eigenvalue weighted by Crippen LogP contribution is -2.41. The van der Waals surface area contributed by atoms with Gasteiger partial charge in [-0.1, -0.05) is 23.9 Å². The van der Waals surface area contributed by atoms with Gasteiger partial charge in [0.25, 0.3) is 0 Å². The third kappa shape index (κ3) is 4.24. The molecule has 2 aliphatic heterocycles. The van der Waals surface area contributed by atoms with Crippen LogP contribution in [0.2, 0.25) is 0 Å². The van der Waals surface area contributed by atoms with Crippen molar-refractivity contribution in [3.8, 4) is 0 Å². The van der Waals surface area contributed by atoms with Crippen molar-refractivity contribution in [2.45, 2.75) is 35.2 Å². The minimum absolute atomic E-state index is 0.511. The van der Waals surface area contributed by atoms with Gasteiger partial charge in [-0.3, -0.25) is 0 Å². The van der Waals surface area contributed by atoms with E-state index in [9.17, 15) is 0 Å². The van der Waals surface area contributed by atoms with Crippen LogP contribution in [0.5, 0.6) is 0 Å². The van der Waals surface area contributed by atoms with Crippen LogP contribution in [0.15, 0.2) is 46.2 Å². The monoisotopic (exact) mass is 383 g/mol. The van der Waals surface area contributed by atoms with E-state index >= 15 is 0 Å². The number of para-hydroxylation sites is 1. The maximum absolute atomic E-state index is 5.97. The molecule has 2 aromatic carbocycles. The van der Waals surface area contributed by atoms with Gasteiger partial charge in [0.1, 0.15) is 0 Å². The highest BCUT2D eigenvalue weighted by atomic mass is 32.2. The van der Waals surface area contributed by atoms with Crippen molar-refractivity contribution >= 4 is 28.8 Å². The number of fused-ring (bicyclic) bond motifs is 2. The van der Waals surface area contributed by atoms with Crippen LogP contribution in [0.3, 0.4) is 0 Å². The van der Waals surface area contributed by atoms with E-state index in [1.807, 2.05) is 18.8 Å². The smallest absolute Gasteiger partial charge is 0.0762 e. The van der Waals surface area contributed by atoms with E-state index in [2.05, 4.69) is 57.2 Å². The Morgan fingerprint density at radius 3 is 2.78 bits per heavy atom. The molecule has 1 saturated heterocycles. The Morgan fingerprint density at radius 1 is 1.19 bits per heavy atom. The first kappa shape index (κ1) is 18.6. The minimum Gasteiger partial charge on any atom is -0.380 e. The van der Waals surface area contributed by atoms with Crippen LogP contribution >= 0.6 is 11.8 Å². The van der Waals surface area contributed by atoms with Gasteiger partial charge in [0.05, 0.1) is 17.1 Å². The van der Waals surface area contributed by atoms with Crippen molar-refractivity contribution in [1.82, 2.24) is 10.2 Å². The van der Waals surface area contributed by atoms with Crippen LogP contribution in [0.1, 0.15) is 18.4 Å². The Morgan fingerprint density at radius 2 is 2.00 bits per heavy atom. The topological polar surface area (TPSA) is 65.3 Å². The molecule has 0 saturated carbocycles. The number of nitrogens with one attached hydrogen (secondary N) is 3. The van der Waals surface area contributed by atoms with E-state index in [0.717, 1.165) is 26.2 Å². The molecule has 5 nitrogen and oxygen atoms in total. The molecule has 2 aliphatic rings. The third-order valence-electron chi connectivity index (χ3n) is 5.39. The maximum atomic E-state index is 5.97. The summed E-state index contributed by atoms with van der Waals surface area (Å²) in [5, 5.41) is 10.7. The van der Waals surface area contributed by atoms with Gasteiger partial charge in [-0.05, 0) is 49.7 Å². The standard InChI is InChI=1S/C21H29N5S/c1-23-8-11-26-9-6-16(7-10-26)24-18-12-15(14-22)13-20-21(18)25-17-4-2-3-5-19(17)27-20/h2-5,12-13,16,23-25H,6-11,14,22H2,1H3. The van der Waals surface area contributed by atoms with Crippen molar-refractivity contribution in [2.75, 3.05) is 43.9 Å². The van der Waals surface area contributed by atoms with Crippen LogP contribution in [-0.4, -0.2) is 44.2 Å². The number of hydrogen-bond donors (Lipinski definition) is 4. The number of rotatable bonds is 6. The quantitative estimate of drug-likeness (QED) is 0.523. The van der Waals surface area contributed by atoms with Gasteiger partial charge in [-0.25, -0.2) is 0 Å². The predicted molar refractivity (Wildman–Crippen MR) is 115 cm³/mol. The first-order valence-corrected chi connectivity index (χ1v) is 10.6. The molecule has 144 valence electrons. The van der Waals surface area contributed by atoms with Crippen molar-refractivity contribution in [2.24, 2.45) is 5.73 Å². The molecule has 0 aromatic heterocycles. The summed E-state index contributed by atoms with van der Waals surface area (Å²) < 4.78 is 0. The Bertz CT molecular complexity index is 786. The van der Waals surface area contributed by atoms with Crippen LogP contribution < -0.4 is 21.7 Å². The summed E-state index contributed by atoms with van der Waals surface area (Å²) in [6, 6.07) is 13.4. The highest BCUT2D eigenvalue weighted by molar-refractivity contribution is 7.99. The number of piperidine rings is 1. The predicted octanol–water partition coefficient (Wildman–Crippen LogP) is 3.45. The highest BCUT2D eigenvalue weighted by Crippen LogP contribution is 2.47. The van der Waals surface area contributed by atoms with Gasteiger partial charge in [0, 0.05) is 48.6 Å². The lowest BCUT2D eigenvalue weighted by molar-refractivity contribution is 0.221. The second-order valence-corrected chi connectivity index (χ2v) is 8.39. The zero-order chi connectivity index (χ0) is 18.6. The summed E-state index contributed by atoms with van der Waals surface area (Å²) in [4.78, 5) is 5.07. The van der Waals surface area contributed by atoms with Gasteiger partial charge >= 0.3 is 0 Å². The number of likely N-dealkylation sites (N-methyl/N-ethyl adjacent to an activating group) is 1. The number of hydrogen-bond acceptors (Lipinski definition) is 6. The highest BCUT2D eigenvalue weighted by Gasteiger charge is 2.23. The molecular formula is C21H29N5S. The SMILES string of the molecule is CNCCN1CCC(Nc2cc(CN)cc3c2Nc2ccccc2S3)CC1. The molecule has 2 aromatic rings.